The molecule has 1 amide bonds. The van der Waals surface area contributed by atoms with Crippen LogP contribution >= 0.6 is 31.9 Å². The van der Waals surface area contributed by atoms with Crippen LogP contribution in [-0.2, 0) is 4.74 Å². The minimum Gasteiger partial charge on any atom is -0.453 e. The third-order valence-corrected chi connectivity index (χ3v) is 6.67. The number of nitrogens with zero attached hydrogens (tertiary/aromatic N) is 1. The zero-order valence-electron chi connectivity index (χ0n) is 9.09. The summed E-state index contributed by atoms with van der Waals surface area (Å²) in [4.78, 5) is 14.4. The van der Waals surface area contributed by atoms with Crippen molar-refractivity contribution in [3.05, 3.63) is 0 Å². The van der Waals surface area contributed by atoms with Gasteiger partial charge in [-0.25, -0.2) is 4.79 Å². The monoisotopic (exact) mass is 339 g/mol. The van der Waals surface area contributed by atoms with Crippen LogP contribution in [0.3, 0.4) is 0 Å². The van der Waals surface area contributed by atoms with E-state index < -0.39 is 0 Å². The van der Waals surface area contributed by atoms with Crippen molar-refractivity contribution < 1.29 is 9.53 Å². The molecule has 2 aliphatic rings. The molecule has 1 saturated carbocycles. The first kappa shape index (κ1) is 11.7. The van der Waals surface area contributed by atoms with E-state index in [1.54, 1.807) is 0 Å². The van der Waals surface area contributed by atoms with E-state index in [9.17, 15) is 4.79 Å². The second kappa shape index (κ2) is 3.36. The van der Waals surface area contributed by atoms with Crippen molar-refractivity contribution in [2.24, 2.45) is 0 Å². The van der Waals surface area contributed by atoms with Crippen LogP contribution in [0.5, 0.6) is 0 Å². The fourth-order valence-corrected chi connectivity index (χ4v) is 4.50. The van der Waals surface area contributed by atoms with Gasteiger partial charge in [-0.2, -0.15) is 0 Å². The first-order valence-electron chi connectivity index (χ1n) is 5.03. The Morgan fingerprint density at radius 1 is 1.27 bits per heavy atom. The van der Waals surface area contributed by atoms with Crippen molar-refractivity contribution in [1.29, 1.82) is 0 Å². The summed E-state index contributed by atoms with van der Waals surface area (Å²) in [6.07, 6.45) is 1.73. The second-order valence-electron chi connectivity index (χ2n) is 4.79. The predicted molar refractivity (Wildman–Crippen MR) is 65.7 cm³/mol. The average molecular weight is 341 g/mol. The molecule has 86 valence electrons. The summed E-state index contributed by atoms with van der Waals surface area (Å²) in [7, 11) is 1.44. The molecule has 1 heterocycles. The third-order valence-electron chi connectivity index (χ3n) is 4.03. The number of hydrogen-bond acceptors (Lipinski definition) is 2. The number of alkyl halides is 2. The lowest BCUT2D eigenvalue weighted by atomic mass is 9.82. The summed E-state index contributed by atoms with van der Waals surface area (Å²) in [5.74, 6) is 0. The third kappa shape index (κ3) is 1.38. The van der Waals surface area contributed by atoms with Crippen LogP contribution in [0.25, 0.3) is 0 Å². The lowest BCUT2D eigenvalue weighted by Crippen LogP contribution is -2.36. The molecule has 4 atom stereocenters. The summed E-state index contributed by atoms with van der Waals surface area (Å²) in [5, 5.41) is 0. The van der Waals surface area contributed by atoms with Crippen molar-refractivity contribution in [3.8, 4) is 0 Å². The Kier molecular flexibility index (Phi) is 2.62. The van der Waals surface area contributed by atoms with Crippen molar-refractivity contribution in [2.45, 2.75) is 47.4 Å². The van der Waals surface area contributed by atoms with Gasteiger partial charge in [0.05, 0.1) is 18.2 Å². The molecule has 1 saturated heterocycles. The van der Waals surface area contributed by atoms with Crippen molar-refractivity contribution in [2.75, 3.05) is 7.11 Å². The van der Waals surface area contributed by atoms with Crippen LogP contribution in [0.2, 0.25) is 0 Å². The highest BCUT2D eigenvalue weighted by atomic mass is 79.9. The van der Waals surface area contributed by atoms with E-state index in [4.69, 9.17) is 4.74 Å². The van der Waals surface area contributed by atoms with E-state index in [1.807, 2.05) is 4.90 Å². The molecule has 0 radical (unpaired) electrons. The molecule has 1 aliphatic carbocycles. The van der Waals surface area contributed by atoms with Gasteiger partial charge in [0.25, 0.3) is 0 Å². The number of likely N-dealkylation sites (tertiary alicyclic amines) is 1. The summed E-state index contributed by atoms with van der Waals surface area (Å²) in [6.45, 7) is 4.27. The molecule has 0 bridgehead atoms. The first-order chi connectivity index (χ1) is 6.87. The Balaban J connectivity index is 2.23. The van der Waals surface area contributed by atoms with Gasteiger partial charge in [0, 0.05) is 9.65 Å². The Bertz CT molecular complexity index is 290. The van der Waals surface area contributed by atoms with Gasteiger partial charge in [-0.3, -0.25) is 4.90 Å². The fourth-order valence-electron chi connectivity index (χ4n) is 2.86. The molecule has 0 aromatic heterocycles. The molecule has 15 heavy (non-hydrogen) atoms. The molecule has 2 fully saturated rings. The van der Waals surface area contributed by atoms with E-state index in [0.29, 0.717) is 9.65 Å². The molecular formula is C10H15Br2NO2. The van der Waals surface area contributed by atoms with E-state index >= 15 is 0 Å². The Labute approximate surface area is 107 Å². The quantitative estimate of drug-likeness (QED) is 0.501. The number of carbonyl (C=O) groups excluding carboxylic acids is 1. The minimum absolute atomic E-state index is 0.0431. The van der Waals surface area contributed by atoms with E-state index in [1.165, 1.54) is 7.11 Å². The van der Waals surface area contributed by atoms with E-state index in [-0.39, 0.29) is 17.2 Å². The number of amides is 1. The average Bonchev–Trinajstić information content (AvgIpc) is 2.62. The van der Waals surface area contributed by atoms with Gasteiger partial charge < -0.3 is 4.74 Å². The molecular weight excluding hydrogens is 326 g/mol. The van der Waals surface area contributed by atoms with Crippen LogP contribution in [0, 0.1) is 0 Å². The van der Waals surface area contributed by atoms with Crippen molar-refractivity contribution in [3.63, 3.8) is 0 Å². The van der Waals surface area contributed by atoms with Crippen LogP contribution in [0.1, 0.15) is 26.7 Å². The zero-order chi connectivity index (χ0) is 11.4. The van der Waals surface area contributed by atoms with Gasteiger partial charge in [0.15, 0.2) is 0 Å². The number of fused-ring (bicyclic) bond motifs is 1. The van der Waals surface area contributed by atoms with Gasteiger partial charge in [-0.05, 0) is 26.7 Å². The highest BCUT2D eigenvalue weighted by molar-refractivity contribution is 9.12. The lowest BCUT2D eigenvalue weighted by Gasteiger charge is -2.28. The summed E-state index contributed by atoms with van der Waals surface area (Å²) < 4.78 is 4.82. The number of carbonyl (C=O) groups is 1. The van der Waals surface area contributed by atoms with E-state index in [2.05, 4.69) is 45.7 Å². The highest BCUT2D eigenvalue weighted by Crippen LogP contribution is 2.62. The topological polar surface area (TPSA) is 29.3 Å². The summed E-state index contributed by atoms with van der Waals surface area (Å²) in [5.41, 5.74) is -0.0862. The van der Waals surface area contributed by atoms with Crippen LogP contribution in [-0.4, -0.2) is 38.8 Å². The minimum atomic E-state index is -0.207. The molecule has 0 N–H and O–H groups in total. The largest absolute Gasteiger partial charge is 0.453 e. The predicted octanol–water partition coefficient (Wildman–Crippen LogP) is 2.91. The van der Waals surface area contributed by atoms with Gasteiger partial charge in [0.2, 0.25) is 0 Å². The van der Waals surface area contributed by atoms with Crippen LogP contribution in [0.15, 0.2) is 0 Å². The standard InChI is InChI=1S/C10H15Br2NO2/c1-9-4-6(11)7(12)5-10(9,2)13(9)8(14)15-3/h6-7H,4-5H2,1-3H3/t6-,7+,9+,10-,13?. The number of ether oxygens (including phenoxy) is 1. The summed E-state index contributed by atoms with van der Waals surface area (Å²) >= 11 is 7.31. The normalized spacial score (nSPS) is 48.5. The number of halogens is 2. The van der Waals surface area contributed by atoms with Crippen molar-refractivity contribution in [1.82, 2.24) is 4.90 Å². The zero-order valence-corrected chi connectivity index (χ0v) is 12.3. The molecule has 0 aromatic carbocycles. The second-order valence-corrected chi connectivity index (χ2v) is 7.15. The SMILES string of the molecule is COC(=O)N1[C@]2(C)C[C@H](Br)[C@H](Br)C[C@]12C. The van der Waals surface area contributed by atoms with Crippen LogP contribution in [0.4, 0.5) is 4.79 Å². The van der Waals surface area contributed by atoms with Gasteiger partial charge >= 0.3 is 6.09 Å². The maximum atomic E-state index is 11.6. The molecule has 0 unspecified atom stereocenters. The fraction of sp³-hybridized carbons (Fsp3) is 0.900. The molecule has 0 aromatic rings. The molecule has 3 nitrogen and oxygen atoms in total. The maximum Gasteiger partial charge on any atom is 0.410 e. The van der Waals surface area contributed by atoms with Gasteiger partial charge in [-0.15, -0.1) is 0 Å². The van der Waals surface area contributed by atoms with E-state index in [0.717, 1.165) is 12.8 Å². The highest BCUT2D eigenvalue weighted by Gasteiger charge is 2.74. The Morgan fingerprint density at radius 2 is 1.67 bits per heavy atom. The van der Waals surface area contributed by atoms with Gasteiger partial charge in [0.1, 0.15) is 0 Å². The molecule has 5 heteroatoms. The Morgan fingerprint density at radius 3 is 2.00 bits per heavy atom. The summed E-state index contributed by atoms with van der Waals surface area (Å²) in [6, 6.07) is 0. The Hall–Kier alpha value is 0.230. The molecule has 2 rings (SSSR count). The number of methoxy groups -OCH3 is 1. The van der Waals surface area contributed by atoms with Crippen molar-refractivity contribution >= 4 is 38.0 Å². The molecule has 0 spiro atoms. The van der Waals surface area contributed by atoms with Crippen LogP contribution < -0.4 is 0 Å². The smallest absolute Gasteiger partial charge is 0.410 e. The van der Waals surface area contributed by atoms with Gasteiger partial charge in [-0.1, -0.05) is 31.9 Å². The molecule has 1 aliphatic heterocycles. The maximum absolute atomic E-state index is 11.6. The number of hydrogen-bond donors (Lipinski definition) is 0. The first-order valence-corrected chi connectivity index (χ1v) is 6.86. The number of rotatable bonds is 0. The lowest BCUT2D eigenvalue weighted by molar-refractivity contribution is 0.143.